The quantitative estimate of drug-likeness (QED) is 0.818. The van der Waals surface area contributed by atoms with Crippen LogP contribution in [0, 0.1) is 11.6 Å². The maximum Gasteiger partial charge on any atom is 0.140 e. The standard InChI is InChI=1S/C10H7F2N3S/c11-6-1-2-8(7(12)3-6)16-10-4-9(13)14-5-15-10/h1-5H,(H2,13,14,15). The van der Waals surface area contributed by atoms with E-state index in [9.17, 15) is 8.78 Å². The van der Waals surface area contributed by atoms with E-state index in [1.165, 1.54) is 24.5 Å². The smallest absolute Gasteiger partial charge is 0.140 e. The van der Waals surface area contributed by atoms with Crippen molar-refractivity contribution in [2.75, 3.05) is 5.73 Å². The molecule has 0 fully saturated rings. The van der Waals surface area contributed by atoms with E-state index in [2.05, 4.69) is 9.97 Å². The van der Waals surface area contributed by atoms with Crippen molar-refractivity contribution >= 4 is 17.6 Å². The zero-order valence-electron chi connectivity index (χ0n) is 8.02. The molecule has 0 amide bonds. The van der Waals surface area contributed by atoms with Crippen molar-refractivity contribution in [2.45, 2.75) is 9.92 Å². The van der Waals surface area contributed by atoms with Gasteiger partial charge in [-0.15, -0.1) is 0 Å². The minimum atomic E-state index is -0.623. The number of nitrogen functional groups attached to an aromatic ring is 1. The van der Waals surface area contributed by atoms with Crippen LogP contribution in [-0.2, 0) is 0 Å². The van der Waals surface area contributed by atoms with Crippen LogP contribution in [0.3, 0.4) is 0 Å². The van der Waals surface area contributed by atoms with Crippen molar-refractivity contribution in [3.05, 3.63) is 42.2 Å². The van der Waals surface area contributed by atoms with Gasteiger partial charge in [0.15, 0.2) is 0 Å². The molecule has 0 unspecified atom stereocenters. The fourth-order valence-electron chi connectivity index (χ4n) is 1.08. The van der Waals surface area contributed by atoms with E-state index in [1.54, 1.807) is 0 Å². The third kappa shape index (κ3) is 2.46. The van der Waals surface area contributed by atoms with Gasteiger partial charge in [0.1, 0.15) is 28.8 Å². The molecule has 3 nitrogen and oxygen atoms in total. The molecular weight excluding hydrogens is 232 g/mol. The molecule has 0 bridgehead atoms. The molecule has 0 saturated carbocycles. The largest absolute Gasteiger partial charge is 0.384 e. The number of benzene rings is 1. The zero-order valence-corrected chi connectivity index (χ0v) is 8.84. The molecule has 2 aromatic rings. The Morgan fingerprint density at radius 3 is 2.62 bits per heavy atom. The van der Waals surface area contributed by atoms with E-state index in [0.29, 0.717) is 15.7 Å². The first kappa shape index (κ1) is 10.8. The first-order valence-electron chi connectivity index (χ1n) is 4.35. The molecule has 0 aliphatic rings. The third-order valence-electron chi connectivity index (χ3n) is 1.77. The number of nitrogens with two attached hydrogens (primary N) is 1. The second-order valence-corrected chi connectivity index (χ2v) is 4.02. The fraction of sp³-hybridized carbons (Fsp3) is 0. The third-order valence-corrected chi connectivity index (χ3v) is 2.75. The fourth-order valence-corrected chi connectivity index (χ4v) is 1.88. The van der Waals surface area contributed by atoms with Gasteiger partial charge < -0.3 is 5.73 Å². The van der Waals surface area contributed by atoms with Crippen molar-refractivity contribution in [1.29, 1.82) is 0 Å². The molecule has 0 saturated heterocycles. The highest BCUT2D eigenvalue weighted by Gasteiger charge is 2.06. The van der Waals surface area contributed by atoms with Crippen LogP contribution in [0.1, 0.15) is 0 Å². The molecule has 1 heterocycles. The summed E-state index contributed by atoms with van der Waals surface area (Å²) in [4.78, 5) is 7.92. The Hall–Kier alpha value is -1.69. The Morgan fingerprint density at radius 2 is 1.94 bits per heavy atom. The monoisotopic (exact) mass is 239 g/mol. The molecule has 1 aromatic carbocycles. The van der Waals surface area contributed by atoms with Crippen LogP contribution in [0.4, 0.5) is 14.6 Å². The van der Waals surface area contributed by atoms with Gasteiger partial charge in [0, 0.05) is 17.0 Å². The van der Waals surface area contributed by atoms with E-state index in [4.69, 9.17) is 5.73 Å². The first-order chi connectivity index (χ1) is 7.65. The van der Waals surface area contributed by atoms with Gasteiger partial charge in [0.25, 0.3) is 0 Å². The summed E-state index contributed by atoms with van der Waals surface area (Å²) in [6.45, 7) is 0. The summed E-state index contributed by atoms with van der Waals surface area (Å²) in [5, 5.41) is 0.512. The lowest BCUT2D eigenvalue weighted by molar-refractivity contribution is 0.565. The highest BCUT2D eigenvalue weighted by atomic mass is 32.2. The topological polar surface area (TPSA) is 51.8 Å². The van der Waals surface area contributed by atoms with E-state index in [1.807, 2.05) is 0 Å². The molecule has 82 valence electrons. The average Bonchev–Trinajstić information content (AvgIpc) is 2.22. The van der Waals surface area contributed by atoms with Crippen LogP contribution >= 0.6 is 11.8 Å². The van der Waals surface area contributed by atoms with E-state index in [-0.39, 0.29) is 0 Å². The van der Waals surface area contributed by atoms with E-state index >= 15 is 0 Å². The van der Waals surface area contributed by atoms with Crippen LogP contribution in [0.25, 0.3) is 0 Å². The van der Waals surface area contributed by atoms with E-state index in [0.717, 1.165) is 17.8 Å². The van der Waals surface area contributed by atoms with Gasteiger partial charge in [-0.05, 0) is 12.1 Å². The zero-order chi connectivity index (χ0) is 11.5. The molecule has 1 aromatic heterocycles. The van der Waals surface area contributed by atoms with Crippen molar-refractivity contribution in [2.24, 2.45) is 0 Å². The molecule has 16 heavy (non-hydrogen) atoms. The maximum atomic E-state index is 13.3. The summed E-state index contributed by atoms with van der Waals surface area (Å²) in [6.07, 6.45) is 1.29. The van der Waals surface area contributed by atoms with Gasteiger partial charge in [0.2, 0.25) is 0 Å². The van der Waals surface area contributed by atoms with Gasteiger partial charge in [-0.2, -0.15) is 0 Å². The van der Waals surface area contributed by atoms with Crippen LogP contribution in [-0.4, -0.2) is 9.97 Å². The Bertz CT molecular complexity index is 519. The molecule has 6 heteroatoms. The van der Waals surface area contributed by atoms with Crippen molar-refractivity contribution in [3.63, 3.8) is 0 Å². The number of halogens is 2. The van der Waals surface area contributed by atoms with Gasteiger partial charge in [-0.25, -0.2) is 18.7 Å². The van der Waals surface area contributed by atoms with Gasteiger partial charge >= 0.3 is 0 Å². The van der Waals surface area contributed by atoms with E-state index < -0.39 is 11.6 Å². The number of hydrogen-bond acceptors (Lipinski definition) is 4. The Kier molecular flexibility index (Phi) is 3.00. The van der Waals surface area contributed by atoms with Crippen molar-refractivity contribution in [3.8, 4) is 0 Å². The summed E-state index contributed by atoms with van der Waals surface area (Å²) >= 11 is 1.06. The minimum absolute atomic E-state index is 0.291. The molecule has 0 aliphatic carbocycles. The highest BCUT2D eigenvalue weighted by Crippen LogP contribution is 2.28. The summed E-state index contributed by atoms with van der Waals surface area (Å²) in [5.74, 6) is -0.925. The minimum Gasteiger partial charge on any atom is -0.384 e. The Morgan fingerprint density at radius 1 is 1.12 bits per heavy atom. The van der Waals surface area contributed by atoms with Gasteiger partial charge in [0.05, 0.1) is 0 Å². The summed E-state index contributed by atoms with van der Waals surface area (Å²) in [6, 6.07) is 4.89. The normalized spacial score (nSPS) is 10.4. The molecule has 2 rings (SSSR count). The lowest BCUT2D eigenvalue weighted by Gasteiger charge is -2.02. The molecule has 0 aliphatic heterocycles. The highest BCUT2D eigenvalue weighted by molar-refractivity contribution is 7.99. The van der Waals surface area contributed by atoms with Crippen LogP contribution in [0.5, 0.6) is 0 Å². The predicted octanol–water partition coefficient (Wildman–Crippen LogP) is 2.49. The molecule has 0 atom stereocenters. The SMILES string of the molecule is Nc1cc(Sc2ccc(F)cc2F)ncn1. The summed E-state index contributed by atoms with van der Waals surface area (Å²) in [5.41, 5.74) is 5.46. The molecule has 0 spiro atoms. The molecular formula is C10H7F2N3S. The average molecular weight is 239 g/mol. The van der Waals surface area contributed by atoms with Crippen LogP contribution < -0.4 is 5.73 Å². The second-order valence-electron chi connectivity index (χ2n) is 2.96. The second kappa shape index (κ2) is 4.44. The summed E-state index contributed by atoms with van der Waals surface area (Å²) in [7, 11) is 0. The molecule has 2 N–H and O–H groups in total. The number of hydrogen-bond donors (Lipinski definition) is 1. The summed E-state index contributed by atoms with van der Waals surface area (Å²) < 4.78 is 26.0. The lowest BCUT2D eigenvalue weighted by Crippen LogP contribution is -1.92. The van der Waals surface area contributed by atoms with Crippen molar-refractivity contribution < 1.29 is 8.78 Å². The number of nitrogens with zero attached hydrogens (tertiary/aromatic N) is 2. The van der Waals surface area contributed by atoms with Crippen molar-refractivity contribution in [1.82, 2.24) is 9.97 Å². The van der Waals surface area contributed by atoms with Gasteiger partial charge in [-0.3, -0.25) is 0 Å². The lowest BCUT2D eigenvalue weighted by atomic mass is 10.3. The van der Waals surface area contributed by atoms with Crippen LogP contribution in [0.2, 0.25) is 0 Å². The predicted molar refractivity (Wildman–Crippen MR) is 56.9 cm³/mol. The Labute approximate surface area is 94.7 Å². The van der Waals surface area contributed by atoms with Crippen LogP contribution in [0.15, 0.2) is 40.5 Å². The molecule has 0 radical (unpaired) electrons. The number of aromatic nitrogens is 2. The Balaban J connectivity index is 2.27. The maximum absolute atomic E-state index is 13.3. The van der Waals surface area contributed by atoms with Gasteiger partial charge in [-0.1, -0.05) is 11.8 Å². The number of rotatable bonds is 2. The number of anilines is 1. The first-order valence-corrected chi connectivity index (χ1v) is 5.17.